The summed E-state index contributed by atoms with van der Waals surface area (Å²) < 4.78 is 4.44. The van der Waals surface area contributed by atoms with Gasteiger partial charge in [-0.3, -0.25) is 0 Å². The Labute approximate surface area is 107 Å². The number of rotatable bonds is 1. The maximum Gasteiger partial charge on any atom is 0.214 e. The first kappa shape index (κ1) is 11.0. The maximum atomic E-state index is 2.26. The summed E-state index contributed by atoms with van der Waals surface area (Å²) in [6.07, 6.45) is 4.22. The van der Waals surface area contributed by atoms with Gasteiger partial charge in [0, 0.05) is 29.5 Å². The van der Waals surface area contributed by atoms with Gasteiger partial charge >= 0.3 is 0 Å². The predicted molar refractivity (Wildman–Crippen MR) is 73.5 cm³/mol. The largest absolute Gasteiger partial charge is 0.320 e. The van der Waals surface area contributed by atoms with E-state index in [9.17, 15) is 0 Å². The van der Waals surface area contributed by atoms with Gasteiger partial charge in [0.05, 0.1) is 5.56 Å². The number of hydrogen-bond donors (Lipinski definition) is 0. The highest BCUT2D eigenvalue weighted by molar-refractivity contribution is 5.76. The minimum atomic E-state index is 1.26. The first-order valence-corrected chi connectivity index (χ1v) is 6.21. The monoisotopic (exact) mass is 237 g/mol. The molecule has 0 fully saturated rings. The molecule has 0 spiro atoms. The zero-order chi connectivity index (χ0) is 12.7. The summed E-state index contributed by atoms with van der Waals surface area (Å²) >= 11 is 0. The number of hydrogen-bond acceptors (Lipinski definition) is 0. The second kappa shape index (κ2) is 3.98. The van der Waals surface area contributed by atoms with Gasteiger partial charge in [0.2, 0.25) is 5.69 Å². The quantitative estimate of drug-likeness (QED) is 0.575. The molecule has 3 heterocycles. The van der Waals surface area contributed by atoms with Crippen LogP contribution in [-0.4, -0.2) is 4.40 Å². The van der Waals surface area contributed by atoms with Crippen LogP contribution < -0.4 is 4.57 Å². The molecular weight excluding hydrogens is 220 g/mol. The summed E-state index contributed by atoms with van der Waals surface area (Å²) in [6, 6.07) is 12.7. The first-order valence-electron chi connectivity index (χ1n) is 6.21. The van der Waals surface area contributed by atoms with Crippen LogP contribution in [0.2, 0.25) is 0 Å². The normalized spacial score (nSPS) is 11.1. The molecule has 18 heavy (non-hydrogen) atoms. The lowest BCUT2D eigenvalue weighted by Crippen LogP contribution is -2.30. The molecule has 0 radical (unpaired) electrons. The lowest BCUT2D eigenvalue weighted by molar-refractivity contribution is -0.660. The van der Waals surface area contributed by atoms with E-state index in [2.05, 4.69) is 78.7 Å². The van der Waals surface area contributed by atoms with Crippen LogP contribution in [0.15, 0.2) is 48.8 Å². The highest BCUT2D eigenvalue weighted by Crippen LogP contribution is 2.29. The molecule has 90 valence electrons. The van der Waals surface area contributed by atoms with Crippen molar-refractivity contribution < 1.29 is 4.57 Å². The lowest BCUT2D eigenvalue weighted by atomic mass is 10.1. The highest BCUT2D eigenvalue weighted by atomic mass is 14.9. The molecule has 2 nitrogen and oxygen atoms in total. The van der Waals surface area contributed by atoms with E-state index < -0.39 is 0 Å². The van der Waals surface area contributed by atoms with E-state index >= 15 is 0 Å². The second-order valence-corrected chi connectivity index (χ2v) is 4.74. The summed E-state index contributed by atoms with van der Waals surface area (Å²) in [4.78, 5) is 0. The van der Waals surface area contributed by atoms with Crippen molar-refractivity contribution in [1.82, 2.24) is 4.40 Å². The average molecular weight is 237 g/mol. The van der Waals surface area contributed by atoms with Crippen molar-refractivity contribution in [1.29, 1.82) is 0 Å². The van der Waals surface area contributed by atoms with Gasteiger partial charge < -0.3 is 4.40 Å². The Morgan fingerprint density at radius 2 is 1.78 bits per heavy atom. The minimum Gasteiger partial charge on any atom is -0.320 e. The number of pyridine rings is 2. The molecule has 0 atom stereocenters. The molecule has 0 N–H and O–H groups in total. The minimum absolute atomic E-state index is 1.26. The van der Waals surface area contributed by atoms with Crippen molar-refractivity contribution in [2.75, 3.05) is 0 Å². The van der Waals surface area contributed by atoms with E-state index in [0.717, 1.165) is 0 Å². The topological polar surface area (TPSA) is 8.29 Å². The Kier molecular flexibility index (Phi) is 2.44. The molecule has 0 aromatic carbocycles. The van der Waals surface area contributed by atoms with Crippen molar-refractivity contribution in [3.8, 4) is 11.3 Å². The summed E-state index contributed by atoms with van der Waals surface area (Å²) in [5.41, 5.74) is 6.52. The van der Waals surface area contributed by atoms with Crippen LogP contribution in [0.5, 0.6) is 0 Å². The number of fused-ring (bicyclic) bond motifs is 1. The number of nitrogens with zero attached hydrogens (tertiary/aromatic N) is 2. The molecular formula is C16H17N2+. The van der Waals surface area contributed by atoms with Crippen molar-refractivity contribution in [3.63, 3.8) is 0 Å². The van der Waals surface area contributed by atoms with Crippen LogP contribution in [0.1, 0.15) is 11.3 Å². The Bertz CT molecular complexity index is 684. The standard InChI is InChI=1S/C16H17N2/c1-12-14-8-5-7-11-18(14)13(2)16(12)15-9-4-6-10-17(15)3/h4-11H,1-3H3/q+1. The van der Waals surface area contributed by atoms with Crippen molar-refractivity contribution in [3.05, 3.63) is 60.0 Å². The number of aromatic nitrogens is 2. The van der Waals surface area contributed by atoms with Gasteiger partial charge in [-0.05, 0) is 37.6 Å². The Balaban J connectivity index is 2.40. The van der Waals surface area contributed by atoms with Gasteiger partial charge in [-0.2, -0.15) is 0 Å². The molecule has 2 heteroatoms. The summed E-state index contributed by atoms with van der Waals surface area (Å²) in [5, 5.41) is 0. The fraction of sp³-hybridized carbons (Fsp3) is 0.188. The smallest absolute Gasteiger partial charge is 0.214 e. The summed E-state index contributed by atoms with van der Waals surface area (Å²) in [5.74, 6) is 0. The molecule has 0 bridgehead atoms. The summed E-state index contributed by atoms with van der Waals surface area (Å²) in [7, 11) is 2.09. The highest BCUT2D eigenvalue weighted by Gasteiger charge is 2.19. The van der Waals surface area contributed by atoms with Crippen LogP contribution >= 0.6 is 0 Å². The van der Waals surface area contributed by atoms with Gasteiger partial charge in [-0.25, -0.2) is 4.57 Å². The van der Waals surface area contributed by atoms with Crippen LogP contribution in [0.25, 0.3) is 16.8 Å². The van der Waals surface area contributed by atoms with E-state index in [1.807, 2.05) is 0 Å². The number of aryl methyl sites for hydroxylation is 3. The molecule has 0 aliphatic carbocycles. The maximum absolute atomic E-state index is 2.26. The molecule has 3 aromatic heterocycles. The van der Waals surface area contributed by atoms with Gasteiger partial charge in [0.25, 0.3) is 0 Å². The van der Waals surface area contributed by atoms with Gasteiger partial charge in [0.15, 0.2) is 6.20 Å². The van der Waals surface area contributed by atoms with E-state index in [1.54, 1.807) is 0 Å². The second-order valence-electron chi connectivity index (χ2n) is 4.74. The van der Waals surface area contributed by atoms with Gasteiger partial charge in [-0.1, -0.05) is 6.07 Å². The fourth-order valence-electron chi connectivity index (χ4n) is 2.72. The van der Waals surface area contributed by atoms with E-state index in [0.29, 0.717) is 0 Å². The Hall–Kier alpha value is -2.09. The van der Waals surface area contributed by atoms with Crippen molar-refractivity contribution >= 4 is 5.52 Å². The third-order valence-corrected chi connectivity index (χ3v) is 3.65. The van der Waals surface area contributed by atoms with Crippen LogP contribution in [-0.2, 0) is 7.05 Å². The average Bonchev–Trinajstić information content (AvgIpc) is 2.64. The van der Waals surface area contributed by atoms with Gasteiger partial charge in [-0.15, -0.1) is 0 Å². The molecule has 0 saturated heterocycles. The molecule has 3 rings (SSSR count). The third-order valence-electron chi connectivity index (χ3n) is 3.65. The third kappa shape index (κ3) is 1.46. The Morgan fingerprint density at radius 3 is 2.50 bits per heavy atom. The van der Waals surface area contributed by atoms with Crippen LogP contribution in [0, 0.1) is 13.8 Å². The van der Waals surface area contributed by atoms with Gasteiger partial charge in [0.1, 0.15) is 7.05 Å². The SMILES string of the molecule is Cc1c(-c2cccc[n+]2C)c(C)n2ccccc12. The van der Waals surface area contributed by atoms with E-state index in [1.165, 1.54) is 28.0 Å². The fourth-order valence-corrected chi connectivity index (χ4v) is 2.72. The summed E-state index contributed by atoms with van der Waals surface area (Å²) in [6.45, 7) is 4.38. The molecule has 0 unspecified atom stereocenters. The molecule has 0 amide bonds. The predicted octanol–water partition coefficient (Wildman–Crippen LogP) is 3.05. The lowest BCUT2D eigenvalue weighted by Gasteiger charge is -2.00. The van der Waals surface area contributed by atoms with Crippen molar-refractivity contribution in [2.45, 2.75) is 13.8 Å². The van der Waals surface area contributed by atoms with Crippen LogP contribution in [0.4, 0.5) is 0 Å². The van der Waals surface area contributed by atoms with Crippen LogP contribution in [0.3, 0.4) is 0 Å². The van der Waals surface area contributed by atoms with E-state index in [-0.39, 0.29) is 0 Å². The van der Waals surface area contributed by atoms with Crippen molar-refractivity contribution in [2.24, 2.45) is 7.05 Å². The molecule has 3 aromatic rings. The first-order chi connectivity index (χ1) is 8.70. The van der Waals surface area contributed by atoms with E-state index in [4.69, 9.17) is 0 Å². The Morgan fingerprint density at radius 1 is 1.00 bits per heavy atom. The zero-order valence-corrected chi connectivity index (χ0v) is 11.0. The molecule has 0 saturated carbocycles. The zero-order valence-electron chi connectivity index (χ0n) is 11.0. The molecule has 0 aliphatic heterocycles. The molecule has 0 aliphatic rings.